The first-order valence-corrected chi connectivity index (χ1v) is 6.22. The molecule has 2 aliphatic rings. The normalized spacial score (nSPS) is 24.8. The first-order valence-electron chi connectivity index (χ1n) is 6.22. The molecule has 16 heavy (non-hydrogen) atoms. The Bertz CT molecular complexity index is 383. The van der Waals surface area contributed by atoms with Gasteiger partial charge in [0.2, 0.25) is 0 Å². The molecular formula is C14H17NO. The van der Waals surface area contributed by atoms with E-state index in [0.29, 0.717) is 6.04 Å². The SMILES string of the molecule is O=C(c1ccccc1)N1CCC[C@@H]1C1CC1. The largest absolute Gasteiger partial charge is 0.335 e. The summed E-state index contributed by atoms with van der Waals surface area (Å²) in [4.78, 5) is 14.4. The first kappa shape index (κ1) is 9.88. The molecule has 2 heteroatoms. The van der Waals surface area contributed by atoms with Gasteiger partial charge in [-0.1, -0.05) is 18.2 Å². The molecule has 0 unspecified atom stereocenters. The lowest BCUT2D eigenvalue weighted by atomic mass is 10.1. The highest BCUT2D eigenvalue weighted by Crippen LogP contribution is 2.40. The minimum atomic E-state index is 0.231. The highest BCUT2D eigenvalue weighted by Gasteiger charge is 2.40. The summed E-state index contributed by atoms with van der Waals surface area (Å²) in [5.41, 5.74) is 0.843. The molecular weight excluding hydrogens is 198 g/mol. The van der Waals surface area contributed by atoms with E-state index in [9.17, 15) is 4.79 Å². The average molecular weight is 215 g/mol. The number of benzene rings is 1. The Morgan fingerprint density at radius 1 is 1.12 bits per heavy atom. The van der Waals surface area contributed by atoms with Crippen molar-refractivity contribution >= 4 is 5.91 Å². The Hall–Kier alpha value is -1.31. The van der Waals surface area contributed by atoms with Crippen LogP contribution in [0, 0.1) is 5.92 Å². The number of hydrogen-bond acceptors (Lipinski definition) is 1. The van der Waals surface area contributed by atoms with Crippen molar-refractivity contribution in [2.75, 3.05) is 6.54 Å². The van der Waals surface area contributed by atoms with E-state index in [1.807, 2.05) is 30.3 Å². The van der Waals surface area contributed by atoms with Gasteiger partial charge in [-0.2, -0.15) is 0 Å². The molecule has 1 heterocycles. The van der Waals surface area contributed by atoms with E-state index in [2.05, 4.69) is 4.90 Å². The molecule has 0 N–H and O–H groups in total. The van der Waals surface area contributed by atoms with Crippen molar-refractivity contribution in [2.45, 2.75) is 31.7 Å². The first-order chi connectivity index (χ1) is 7.86. The summed E-state index contributed by atoms with van der Waals surface area (Å²) < 4.78 is 0. The Morgan fingerprint density at radius 2 is 1.88 bits per heavy atom. The maximum absolute atomic E-state index is 12.3. The van der Waals surface area contributed by atoms with Crippen LogP contribution in [0.1, 0.15) is 36.0 Å². The quantitative estimate of drug-likeness (QED) is 0.742. The van der Waals surface area contributed by atoms with Gasteiger partial charge in [0.25, 0.3) is 5.91 Å². The molecule has 1 aromatic rings. The molecule has 1 atom stereocenters. The number of rotatable bonds is 2. The van der Waals surface area contributed by atoms with Crippen LogP contribution in [0.25, 0.3) is 0 Å². The fourth-order valence-corrected chi connectivity index (χ4v) is 2.76. The zero-order valence-electron chi connectivity index (χ0n) is 9.43. The Kier molecular flexibility index (Phi) is 2.43. The minimum absolute atomic E-state index is 0.231. The molecule has 2 fully saturated rings. The van der Waals surface area contributed by atoms with Gasteiger partial charge in [-0.3, -0.25) is 4.79 Å². The van der Waals surface area contributed by atoms with Crippen LogP contribution in [0.2, 0.25) is 0 Å². The lowest BCUT2D eigenvalue weighted by Crippen LogP contribution is -2.36. The summed E-state index contributed by atoms with van der Waals surface area (Å²) in [6, 6.07) is 10.2. The van der Waals surface area contributed by atoms with Gasteiger partial charge in [-0.15, -0.1) is 0 Å². The second-order valence-corrected chi connectivity index (χ2v) is 4.91. The van der Waals surface area contributed by atoms with Crippen molar-refractivity contribution in [1.29, 1.82) is 0 Å². The minimum Gasteiger partial charge on any atom is -0.335 e. The van der Waals surface area contributed by atoms with Crippen molar-refractivity contribution in [1.82, 2.24) is 4.90 Å². The van der Waals surface area contributed by atoms with Crippen molar-refractivity contribution < 1.29 is 4.79 Å². The van der Waals surface area contributed by atoms with Crippen LogP contribution in [0.4, 0.5) is 0 Å². The summed E-state index contributed by atoms with van der Waals surface area (Å²) in [7, 11) is 0. The average Bonchev–Trinajstić information content (AvgIpc) is 3.07. The predicted molar refractivity (Wildman–Crippen MR) is 63.2 cm³/mol. The van der Waals surface area contributed by atoms with E-state index in [1.54, 1.807) is 0 Å². The summed E-state index contributed by atoms with van der Waals surface area (Å²) in [5, 5.41) is 0. The van der Waals surface area contributed by atoms with Crippen LogP contribution in [0.15, 0.2) is 30.3 Å². The van der Waals surface area contributed by atoms with Crippen LogP contribution < -0.4 is 0 Å². The lowest BCUT2D eigenvalue weighted by molar-refractivity contribution is 0.0721. The van der Waals surface area contributed by atoms with E-state index in [-0.39, 0.29) is 5.91 Å². The molecule has 0 spiro atoms. The zero-order valence-corrected chi connectivity index (χ0v) is 9.43. The molecule has 1 amide bonds. The Labute approximate surface area is 96.3 Å². The summed E-state index contributed by atoms with van der Waals surface area (Å²) >= 11 is 0. The Morgan fingerprint density at radius 3 is 2.56 bits per heavy atom. The van der Waals surface area contributed by atoms with E-state index in [0.717, 1.165) is 18.0 Å². The van der Waals surface area contributed by atoms with E-state index in [1.165, 1.54) is 25.7 Å². The van der Waals surface area contributed by atoms with Gasteiger partial charge < -0.3 is 4.90 Å². The fourth-order valence-electron chi connectivity index (χ4n) is 2.76. The standard InChI is InChI=1S/C14H17NO/c16-14(12-5-2-1-3-6-12)15-10-4-7-13(15)11-8-9-11/h1-3,5-6,11,13H,4,7-10H2/t13-/m1/s1. The van der Waals surface area contributed by atoms with Crippen molar-refractivity contribution in [3.05, 3.63) is 35.9 Å². The smallest absolute Gasteiger partial charge is 0.254 e. The number of amides is 1. The van der Waals surface area contributed by atoms with Crippen LogP contribution in [0.5, 0.6) is 0 Å². The van der Waals surface area contributed by atoms with Crippen LogP contribution in [0.3, 0.4) is 0 Å². The van der Waals surface area contributed by atoms with Crippen LogP contribution in [-0.2, 0) is 0 Å². The van der Waals surface area contributed by atoms with E-state index >= 15 is 0 Å². The highest BCUT2D eigenvalue weighted by molar-refractivity contribution is 5.94. The van der Waals surface area contributed by atoms with Gasteiger partial charge in [0.05, 0.1) is 0 Å². The molecule has 0 bridgehead atoms. The van der Waals surface area contributed by atoms with Crippen molar-refractivity contribution in [3.63, 3.8) is 0 Å². The molecule has 3 rings (SSSR count). The van der Waals surface area contributed by atoms with Gasteiger partial charge in [-0.05, 0) is 43.7 Å². The number of hydrogen-bond donors (Lipinski definition) is 0. The van der Waals surface area contributed by atoms with Gasteiger partial charge >= 0.3 is 0 Å². The lowest BCUT2D eigenvalue weighted by Gasteiger charge is -2.24. The monoisotopic (exact) mass is 215 g/mol. The number of likely N-dealkylation sites (tertiary alicyclic amines) is 1. The molecule has 1 saturated carbocycles. The molecule has 1 aliphatic carbocycles. The summed E-state index contributed by atoms with van der Waals surface area (Å²) in [5.74, 6) is 1.03. The third-order valence-electron chi connectivity index (χ3n) is 3.75. The van der Waals surface area contributed by atoms with E-state index in [4.69, 9.17) is 0 Å². The number of nitrogens with zero attached hydrogens (tertiary/aromatic N) is 1. The third-order valence-corrected chi connectivity index (χ3v) is 3.75. The van der Waals surface area contributed by atoms with Gasteiger partial charge in [0.15, 0.2) is 0 Å². The van der Waals surface area contributed by atoms with Gasteiger partial charge in [0, 0.05) is 18.2 Å². The molecule has 2 nitrogen and oxygen atoms in total. The van der Waals surface area contributed by atoms with E-state index < -0.39 is 0 Å². The number of carbonyl (C=O) groups is 1. The maximum atomic E-state index is 12.3. The summed E-state index contributed by atoms with van der Waals surface area (Å²) in [6.07, 6.45) is 5.04. The zero-order chi connectivity index (χ0) is 11.0. The second kappa shape index (κ2) is 3.93. The molecule has 1 aliphatic heterocycles. The van der Waals surface area contributed by atoms with Crippen LogP contribution >= 0.6 is 0 Å². The molecule has 1 aromatic carbocycles. The predicted octanol–water partition coefficient (Wildman–Crippen LogP) is 2.70. The summed E-state index contributed by atoms with van der Waals surface area (Å²) in [6.45, 7) is 0.953. The number of carbonyl (C=O) groups excluding carboxylic acids is 1. The highest BCUT2D eigenvalue weighted by atomic mass is 16.2. The molecule has 0 aromatic heterocycles. The molecule has 1 saturated heterocycles. The molecule has 0 radical (unpaired) electrons. The second-order valence-electron chi connectivity index (χ2n) is 4.91. The third kappa shape index (κ3) is 1.73. The topological polar surface area (TPSA) is 20.3 Å². The molecule has 84 valence electrons. The fraction of sp³-hybridized carbons (Fsp3) is 0.500. The Balaban J connectivity index is 1.79. The van der Waals surface area contributed by atoms with Crippen molar-refractivity contribution in [2.24, 2.45) is 5.92 Å². The maximum Gasteiger partial charge on any atom is 0.254 e. The van der Waals surface area contributed by atoms with Crippen LogP contribution in [-0.4, -0.2) is 23.4 Å². The van der Waals surface area contributed by atoms with Crippen molar-refractivity contribution in [3.8, 4) is 0 Å². The van der Waals surface area contributed by atoms with Gasteiger partial charge in [0.1, 0.15) is 0 Å². The van der Waals surface area contributed by atoms with Gasteiger partial charge in [-0.25, -0.2) is 0 Å².